The van der Waals surface area contributed by atoms with Crippen molar-refractivity contribution < 1.29 is 4.79 Å². The average Bonchev–Trinajstić information content (AvgIpc) is 2.42. The Morgan fingerprint density at radius 1 is 1.67 bits per heavy atom. The number of nitrogens with zero attached hydrogens (tertiary/aromatic N) is 2. The van der Waals surface area contributed by atoms with E-state index in [1.807, 2.05) is 13.2 Å². The molecule has 6 heteroatoms. The summed E-state index contributed by atoms with van der Waals surface area (Å²) >= 11 is 1.64. The van der Waals surface area contributed by atoms with E-state index in [1.165, 1.54) is 0 Å². The molecule has 0 unspecified atom stereocenters. The van der Waals surface area contributed by atoms with Crippen molar-refractivity contribution >= 4 is 29.2 Å². The molecule has 0 aliphatic carbocycles. The average molecular weight is 228 g/mol. The summed E-state index contributed by atoms with van der Waals surface area (Å²) in [6.07, 6.45) is 2.46. The summed E-state index contributed by atoms with van der Waals surface area (Å²) < 4.78 is 1.58. The number of anilines is 2. The lowest BCUT2D eigenvalue weighted by molar-refractivity contribution is -0.115. The number of nitrogens with one attached hydrogen (secondary N) is 1. The first-order valence-corrected chi connectivity index (χ1v) is 6.03. The van der Waals surface area contributed by atoms with Crippen molar-refractivity contribution in [2.24, 2.45) is 7.05 Å². The van der Waals surface area contributed by atoms with Crippen LogP contribution in [0.15, 0.2) is 0 Å². The Hall–Kier alpha value is -1.17. The van der Waals surface area contributed by atoms with Crippen molar-refractivity contribution in [2.45, 2.75) is 13.3 Å². The van der Waals surface area contributed by atoms with Gasteiger partial charge in [-0.2, -0.15) is 16.9 Å². The molecule has 0 aliphatic heterocycles. The van der Waals surface area contributed by atoms with Crippen LogP contribution in [0.3, 0.4) is 0 Å². The van der Waals surface area contributed by atoms with Gasteiger partial charge >= 0.3 is 0 Å². The number of carbonyl (C=O) groups is 1. The highest BCUT2D eigenvalue weighted by molar-refractivity contribution is 7.98. The maximum atomic E-state index is 11.5. The van der Waals surface area contributed by atoms with E-state index in [-0.39, 0.29) is 5.91 Å². The molecular weight excluding hydrogens is 212 g/mol. The number of nitrogens with two attached hydrogens (primary N) is 1. The SMILES string of the molecule is CSCCC(=O)Nc1c(N)c(C)nn1C. The summed E-state index contributed by atoms with van der Waals surface area (Å²) in [6.45, 7) is 1.81. The van der Waals surface area contributed by atoms with E-state index >= 15 is 0 Å². The van der Waals surface area contributed by atoms with E-state index in [4.69, 9.17) is 5.73 Å². The van der Waals surface area contributed by atoms with Crippen LogP contribution in [-0.4, -0.2) is 27.7 Å². The van der Waals surface area contributed by atoms with Crippen molar-refractivity contribution in [2.75, 3.05) is 23.1 Å². The molecule has 0 fully saturated rings. The largest absolute Gasteiger partial charge is 0.394 e. The molecule has 0 aliphatic rings. The van der Waals surface area contributed by atoms with Gasteiger partial charge in [0.05, 0.1) is 11.4 Å². The minimum absolute atomic E-state index is 0.0287. The van der Waals surface area contributed by atoms with Gasteiger partial charge in [-0.1, -0.05) is 0 Å². The molecule has 15 heavy (non-hydrogen) atoms. The summed E-state index contributed by atoms with van der Waals surface area (Å²) in [6, 6.07) is 0. The number of thioether (sulfide) groups is 1. The predicted molar refractivity (Wildman–Crippen MR) is 64.0 cm³/mol. The van der Waals surface area contributed by atoms with E-state index in [0.29, 0.717) is 17.9 Å². The number of hydrogen-bond donors (Lipinski definition) is 2. The van der Waals surface area contributed by atoms with Crippen LogP contribution in [0, 0.1) is 6.92 Å². The highest BCUT2D eigenvalue weighted by Gasteiger charge is 2.12. The van der Waals surface area contributed by atoms with E-state index in [2.05, 4.69) is 10.4 Å². The molecule has 1 rings (SSSR count). The third-order valence-electron chi connectivity index (χ3n) is 2.06. The second kappa shape index (κ2) is 5.06. The normalized spacial score (nSPS) is 10.3. The summed E-state index contributed by atoms with van der Waals surface area (Å²) in [5.41, 5.74) is 7.05. The number of carbonyl (C=O) groups excluding carboxylic acids is 1. The third kappa shape index (κ3) is 2.89. The van der Waals surface area contributed by atoms with Gasteiger partial charge in [-0.15, -0.1) is 0 Å². The summed E-state index contributed by atoms with van der Waals surface area (Å²) in [5, 5.41) is 6.87. The summed E-state index contributed by atoms with van der Waals surface area (Å²) in [7, 11) is 1.76. The number of nitrogen functional groups attached to an aromatic ring is 1. The van der Waals surface area contributed by atoms with Gasteiger partial charge in [-0.3, -0.25) is 9.48 Å². The van der Waals surface area contributed by atoms with Gasteiger partial charge < -0.3 is 11.1 Å². The number of amides is 1. The standard InChI is InChI=1S/C9H16N4OS/c1-6-8(10)9(13(2)12-6)11-7(14)4-5-15-3/h4-5,10H2,1-3H3,(H,11,14). The van der Waals surface area contributed by atoms with Crippen LogP contribution in [0.25, 0.3) is 0 Å². The van der Waals surface area contributed by atoms with Crippen LogP contribution in [0.4, 0.5) is 11.5 Å². The molecule has 5 nitrogen and oxygen atoms in total. The van der Waals surface area contributed by atoms with Crippen LogP contribution in [0.1, 0.15) is 12.1 Å². The Labute approximate surface area is 93.4 Å². The summed E-state index contributed by atoms with van der Waals surface area (Å²) in [4.78, 5) is 11.5. The van der Waals surface area contributed by atoms with E-state index in [0.717, 1.165) is 11.4 Å². The quantitative estimate of drug-likeness (QED) is 0.806. The number of aryl methyl sites for hydroxylation is 2. The van der Waals surface area contributed by atoms with Crippen molar-refractivity contribution in [3.05, 3.63) is 5.69 Å². The molecule has 1 heterocycles. The van der Waals surface area contributed by atoms with E-state index < -0.39 is 0 Å². The molecule has 0 bridgehead atoms. The fourth-order valence-corrected chi connectivity index (χ4v) is 1.60. The fraction of sp³-hybridized carbons (Fsp3) is 0.556. The van der Waals surface area contributed by atoms with E-state index in [1.54, 1.807) is 23.5 Å². The molecule has 0 spiro atoms. The zero-order chi connectivity index (χ0) is 11.4. The Kier molecular flexibility index (Phi) is 4.02. The lowest BCUT2D eigenvalue weighted by atomic mass is 10.3. The summed E-state index contributed by atoms with van der Waals surface area (Å²) in [5.74, 6) is 1.36. The third-order valence-corrected chi connectivity index (χ3v) is 2.67. The highest BCUT2D eigenvalue weighted by atomic mass is 32.2. The first-order valence-electron chi connectivity index (χ1n) is 4.64. The molecule has 1 amide bonds. The van der Waals surface area contributed by atoms with Gasteiger partial charge in [-0.05, 0) is 13.2 Å². The number of rotatable bonds is 4. The lowest BCUT2D eigenvalue weighted by Crippen LogP contribution is -2.15. The van der Waals surface area contributed by atoms with Gasteiger partial charge in [0, 0.05) is 19.2 Å². The lowest BCUT2D eigenvalue weighted by Gasteiger charge is -2.05. The first-order chi connectivity index (χ1) is 7.06. The van der Waals surface area contributed by atoms with Crippen LogP contribution in [0.5, 0.6) is 0 Å². The van der Waals surface area contributed by atoms with Crippen LogP contribution >= 0.6 is 11.8 Å². The van der Waals surface area contributed by atoms with Crippen molar-refractivity contribution in [3.63, 3.8) is 0 Å². The Bertz CT molecular complexity index is 361. The minimum atomic E-state index is -0.0287. The van der Waals surface area contributed by atoms with Gasteiger partial charge in [0.1, 0.15) is 0 Å². The highest BCUT2D eigenvalue weighted by Crippen LogP contribution is 2.20. The molecule has 3 N–H and O–H groups in total. The smallest absolute Gasteiger partial charge is 0.226 e. The maximum absolute atomic E-state index is 11.5. The second-order valence-electron chi connectivity index (χ2n) is 3.26. The van der Waals surface area contributed by atoms with Crippen molar-refractivity contribution in [3.8, 4) is 0 Å². The Morgan fingerprint density at radius 3 is 2.80 bits per heavy atom. The van der Waals surface area contributed by atoms with Crippen LogP contribution in [0.2, 0.25) is 0 Å². The first kappa shape index (κ1) is 11.9. The molecule has 0 atom stereocenters. The fourth-order valence-electron chi connectivity index (χ4n) is 1.21. The maximum Gasteiger partial charge on any atom is 0.226 e. The molecule has 1 aromatic heterocycles. The number of hydrogen-bond acceptors (Lipinski definition) is 4. The predicted octanol–water partition coefficient (Wildman–Crippen LogP) is 1.00. The van der Waals surface area contributed by atoms with Crippen molar-refractivity contribution in [1.29, 1.82) is 0 Å². The van der Waals surface area contributed by atoms with Crippen LogP contribution < -0.4 is 11.1 Å². The molecule has 0 aromatic carbocycles. The molecule has 0 saturated heterocycles. The zero-order valence-corrected chi connectivity index (χ0v) is 10.0. The molecule has 0 radical (unpaired) electrons. The molecule has 84 valence electrons. The van der Waals surface area contributed by atoms with Crippen molar-refractivity contribution in [1.82, 2.24) is 9.78 Å². The van der Waals surface area contributed by atoms with Crippen LogP contribution in [-0.2, 0) is 11.8 Å². The minimum Gasteiger partial charge on any atom is -0.394 e. The molecular formula is C9H16N4OS. The number of aromatic nitrogens is 2. The van der Waals surface area contributed by atoms with Gasteiger partial charge in [-0.25, -0.2) is 0 Å². The van der Waals surface area contributed by atoms with Gasteiger partial charge in [0.25, 0.3) is 0 Å². The Balaban J connectivity index is 2.68. The zero-order valence-electron chi connectivity index (χ0n) is 9.20. The van der Waals surface area contributed by atoms with Gasteiger partial charge in [0.15, 0.2) is 5.82 Å². The second-order valence-corrected chi connectivity index (χ2v) is 4.25. The van der Waals surface area contributed by atoms with E-state index in [9.17, 15) is 4.79 Å². The molecule has 1 aromatic rings. The monoisotopic (exact) mass is 228 g/mol. The Morgan fingerprint density at radius 2 is 2.33 bits per heavy atom. The topological polar surface area (TPSA) is 72.9 Å². The molecule has 0 saturated carbocycles. The van der Waals surface area contributed by atoms with Gasteiger partial charge in [0.2, 0.25) is 5.91 Å².